The molecule has 6 heteroatoms. The molecule has 0 bridgehead atoms. The van der Waals surface area contributed by atoms with Crippen LogP contribution in [0.2, 0.25) is 0 Å². The third-order valence-corrected chi connectivity index (χ3v) is 4.60. The molecule has 0 saturated carbocycles. The molecule has 0 aromatic carbocycles. The van der Waals surface area contributed by atoms with Crippen molar-refractivity contribution >= 4 is 10.0 Å². The zero-order valence-corrected chi connectivity index (χ0v) is 8.92. The Morgan fingerprint density at radius 3 is 2.71 bits per heavy atom. The average molecular weight is 220 g/mol. The molecular formula is C8H16N2O3S. The molecular weight excluding hydrogens is 204 g/mol. The minimum atomic E-state index is -2.94. The Balaban J connectivity index is 1.69. The van der Waals surface area contributed by atoms with Crippen molar-refractivity contribution in [3.05, 3.63) is 0 Å². The van der Waals surface area contributed by atoms with Gasteiger partial charge >= 0.3 is 0 Å². The van der Waals surface area contributed by atoms with Gasteiger partial charge in [-0.25, -0.2) is 8.42 Å². The number of hydrogen-bond donors (Lipinski definition) is 1. The van der Waals surface area contributed by atoms with E-state index in [4.69, 9.17) is 4.74 Å². The minimum Gasteiger partial charge on any atom is -0.374 e. The SMILES string of the molecule is O=S1(=O)CCCN1CCOC1CNC1. The molecule has 2 rings (SSSR count). The van der Waals surface area contributed by atoms with Gasteiger partial charge in [0.1, 0.15) is 0 Å². The minimum absolute atomic E-state index is 0.292. The molecule has 0 aromatic rings. The van der Waals surface area contributed by atoms with Crippen molar-refractivity contribution in [1.29, 1.82) is 0 Å². The summed E-state index contributed by atoms with van der Waals surface area (Å²) in [6, 6.07) is 0. The van der Waals surface area contributed by atoms with E-state index in [1.165, 1.54) is 4.31 Å². The first kappa shape index (κ1) is 10.4. The van der Waals surface area contributed by atoms with Crippen LogP contribution >= 0.6 is 0 Å². The van der Waals surface area contributed by atoms with E-state index in [1.807, 2.05) is 0 Å². The van der Waals surface area contributed by atoms with Crippen LogP contribution in [-0.2, 0) is 14.8 Å². The molecule has 0 unspecified atom stereocenters. The van der Waals surface area contributed by atoms with Crippen LogP contribution in [-0.4, -0.2) is 57.4 Å². The highest BCUT2D eigenvalue weighted by molar-refractivity contribution is 7.89. The summed E-state index contributed by atoms with van der Waals surface area (Å²) in [5.74, 6) is 0.304. The molecule has 14 heavy (non-hydrogen) atoms. The van der Waals surface area contributed by atoms with Gasteiger partial charge in [-0.2, -0.15) is 4.31 Å². The highest BCUT2D eigenvalue weighted by atomic mass is 32.2. The summed E-state index contributed by atoms with van der Waals surface area (Å²) in [5.41, 5.74) is 0. The van der Waals surface area contributed by atoms with Gasteiger partial charge in [0.15, 0.2) is 0 Å². The second-order valence-corrected chi connectivity index (χ2v) is 5.81. The van der Waals surface area contributed by atoms with Crippen molar-refractivity contribution in [2.75, 3.05) is 38.5 Å². The number of hydrogen-bond acceptors (Lipinski definition) is 4. The first-order valence-electron chi connectivity index (χ1n) is 4.99. The molecule has 82 valence electrons. The first-order chi connectivity index (χ1) is 6.68. The second kappa shape index (κ2) is 4.14. The van der Waals surface area contributed by atoms with Gasteiger partial charge in [-0.3, -0.25) is 0 Å². The lowest BCUT2D eigenvalue weighted by atomic mass is 10.2. The van der Waals surface area contributed by atoms with Crippen LogP contribution < -0.4 is 5.32 Å². The van der Waals surface area contributed by atoms with Crippen LogP contribution in [0.3, 0.4) is 0 Å². The van der Waals surface area contributed by atoms with Crippen LogP contribution in [0.4, 0.5) is 0 Å². The average Bonchev–Trinajstić information content (AvgIpc) is 2.36. The van der Waals surface area contributed by atoms with E-state index < -0.39 is 10.0 Å². The normalized spacial score (nSPS) is 27.7. The standard InChI is InChI=1S/C8H16N2O3S/c11-14(12)5-1-2-10(14)3-4-13-8-6-9-7-8/h8-9H,1-7H2. The summed E-state index contributed by atoms with van der Waals surface area (Å²) in [6.45, 7) is 3.48. The molecule has 0 radical (unpaired) electrons. The van der Waals surface area contributed by atoms with Crippen LogP contribution in [0.1, 0.15) is 6.42 Å². The smallest absolute Gasteiger partial charge is 0.214 e. The molecule has 0 atom stereocenters. The van der Waals surface area contributed by atoms with Crippen molar-refractivity contribution in [2.45, 2.75) is 12.5 Å². The van der Waals surface area contributed by atoms with E-state index in [-0.39, 0.29) is 0 Å². The Bertz CT molecular complexity index is 287. The maximum Gasteiger partial charge on any atom is 0.214 e. The number of ether oxygens (including phenoxy) is 1. The summed E-state index contributed by atoms with van der Waals surface area (Å²) >= 11 is 0. The molecule has 0 spiro atoms. The molecule has 2 saturated heterocycles. The summed E-state index contributed by atoms with van der Waals surface area (Å²) < 4.78 is 29.7. The molecule has 2 aliphatic heterocycles. The van der Waals surface area contributed by atoms with E-state index in [1.54, 1.807) is 0 Å². The van der Waals surface area contributed by atoms with Crippen LogP contribution in [0.5, 0.6) is 0 Å². The fourth-order valence-corrected chi connectivity index (χ4v) is 3.16. The van der Waals surface area contributed by atoms with Crippen molar-refractivity contribution < 1.29 is 13.2 Å². The van der Waals surface area contributed by atoms with Gasteiger partial charge in [0.2, 0.25) is 10.0 Å². The Hall–Kier alpha value is -0.170. The zero-order valence-electron chi connectivity index (χ0n) is 8.11. The lowest BCUT2D eigenvalue weighted by molar-refractivity contribution is 0.0153. The van der Waals surface area contributed by atoms with Crippen molar-refractivity contribution in [2.24, 2.45) is 0 Å². The molecule has 0 aromatic heterocycles. The van der Waals surface area contributed by atoms with Gasteiger partial charge in [0, 0.05) is 26.2 Å². The third kappa shape index (κ3) is 2.25. The van der Waals surface area contributed by atoms with Crippen molar-refractivity contribution in [3.8, 4) is 0 Å². The topological polar surface area (TPSA) is 58.6 Å². The van der Waals surface area contributed by atoms with E-state index >= 15 is 0 Å². The van der Waals surface area contributed by atoms with Gasteiger partial charge in [-0.15, -0.1) is 0 Å². The molecule has 2 aliphatic rings. The fourth-order valence-electron chi connectivity index (χ4n) is 1.64. The van der Waals surface area contributed by atoms with Gasteiger partial charge in [-0.1, -0.05) is 0 Å². The maximum absolute atomic E-state index is 11.4. The highest BCUT2D eigenvalue weighted by Crippen LogP contribution is 2.12. The monoisotopic (exact) mass is 220 g/mol. The maximum atomic E-state index is 11.4. The fraction of sp³-hybridized carbons (Fsp3) is 1.00. The van der Waals surface area contributed by atoms with Crippen LogP contribution in [0.25, 0.3) is 0 Å². The number of nitrogens with one attached hydrogen (secondary N) is 1. The molecule has 2 heterocycles. The quantitative estimate of drug-likeness (QED) is 0.661. The Morgan fingerprint density at radius 2 is 2.21 bits per heavy atom. The largest absolute Gasteiger partial charge is 0.374 e. The molecule has 2 fully saturated rings. The first-order valence-corrected chi connectivity index (χ1v) is 6.59. The molecule has 0 amide bonds. The Morgan fingerprint density at radius 1 is 1.43 bits per heavy atom. The summed E-state index contributed by atoms with van der Waals surface area (Å²) in [5, 5.41) is 3.10. The molecule has 0 aliphatic carbocycles. The predicted octanol–water partition coefficient (Wildman–Crippen LogP) is -0.990. The summed E-state index contributed by atoms with van der Waals surface area (Å²) in [7, 11) is -2.94. The lowest BCUT2D eigenvalue weighted by Gasteiger charge is -2.27. The molecule has 1 N–H and O–H groups in total. The predicted molar refractivity (Wildman–Crippen MR) is 52.6 cm³/mol. The van der Waals surface area contributed by atoms with Crippen molar-refractivity contribution in [1.82, 2.24) is 9.62 Å². The molecule has 5 nitrogen and oxygen atoms in total. The lowest BCUT2D eigenvalue weighted by Crippen LogP contribution is -2.49. The van der Waals surface area contributed by atoms with E-state index in [2.05, 4.69) is 5.32 Å². The van der Waals surface area contributed by atoms with Gasteiger partial charge in [-0.05, 0) is 6.42 Å². The van der Waals surface area contributed by atoms with Gasteiger partial charge in [0.25, 0.3) is 0 Å². The number of sulfonamides is 1. The van der Waals surface area contributed by atoms with Crippen molar-refractivity contribution in [3.63, 3.8) is 0 Å². The number of nitrogens with zero attached hydrogens (tertiary/aromatic N) is 1. The zero-order chi connectivity index (χ0) is 10.0. The van der Waals surface area contributed by atoms with Gasteiger partial charge < -0.3 is 10.1 Å². The third-order valence-electron chi connectivity index (χ3n) is 2.64. The van der Waals surface area contributed by atoms with E-state index in [9.17, 15) is 8.42 Å². The highest BCUT2D eigenvalue weighted by Gasteiger charge is 2.28. The summed E-state index contributed by atoms with van der Waals surface area (Å²) in [4.78, 5) is 0. The van der Waals surface area contributed by atoms with E-state index in [0.29, 0.717) is 31.6 Å². The Labute approximate surface area is 84.5 Å². The summed E-state index contributed by atoms with van der Waals surface area (Å²) in [6.07, 6.45) is 1.05. The van der Waals surface area contributed by atoms with Crippen LogP contribution in [0, 0.1) is 0 Å². The van der Waals surface area contributed by atoms with E-state index in [0.717, 1.165) is 19.5 Å². The van der Waals surface area contributed by atoms with Gasteiger partial charge in [0.05, 0.1) is 18.5 Å². The number of rotatable bonds is 4. The van der Waals surface area contributed by atoms with Crippen LogP contribution in [0.15, 0.2) is 0 Å². The second-order valence-electron chi connectivity index (χ2n) is 3.72. The Kier molecular flexibility index (Phi) is 3.06.